The fourth-order valence-electron chi connectivity index (χ4n) is 1.35. The minimum Gasteiger partial charge on any atom is -0.351 e. The highest BCUT2D eigenvalue weighted by Gasteiger charge is 2.17. The maximum absolute atomic E-state index is 11.2. The topological polar surface area (TPSA) is 29.1 Å². The molecule has 2 heteroatoms. The van der Waals surface area contributed by atoms with E-state index in [2.05, 4.69) is 26.1 Å². The van der Waals surface area contributed by atoms with Crippen molar-refractivity contribution >= 4 is 5.91 Å². The minimum atomic E-state index is -0.0268. The molecule has 0 rings (SSSR count). The van der Waals surface area contributed by atoms with E-state index >= 15 is 0 Å². The number of rotatable bonds is 5. The summed E-state index contributed by atoms with van der Waals surface area (Å²) in [6.07, 6.45) is 3.73. The van der Waals surface area contributed by atoms with Crippen LogP contribution in [0.2, 0.25) is 0 Å². The van der Waals surface area contributed by atoms with Gasteiger partial charge in [-0.15, -0.1) is 0 Å². The van der Waals surface area contributed by atoms with Crippen LogP contribution in [0.4, 0.5) is 0 Å². The average molecular weight is 171 g/mol. The number of hydrogen-bond donors (Lipinski definition) is 1. The summed E-state index contributed by atoms with van der Waals surface area (Å²) in [5, 5.41) is 3.02. The highest BCUT2D eigenvalue weighted by molar-refractivity contribution is 5.76. The van der Waals surface area contributed by atoms with Gasteiger partial charge in [-0.2, -0.15) is 0 Å². The monoisotopic (exact) mass is 171 g/mol. The van der Waals surface area contributed by atoms with Crippen LogP contribution >= 0.6 is 0 Å². The molecular formula is C10H21NO. The van der Waals surface area contributed by atoms with E-state index in [-0.39, 0.29) is 11.4 Å². The molecule has 0 heterocycles. The van der Waals surface area contributed by atoms with Crippen molar-refractivity contribution in [3.05, 3.63) is 0 Å². The van der Waals surface area contributed by atoms with Crippen molar-refractivity contribution in [1.29, 1.82) is 0 Å². The van der Waals surface area contributed by atoms with Gasteiger partial charge in [0.1, 0.15) is 0 Å². The first-order valence-corrected chi connectivity index (χ1v) is 4.83. The Morgan fingerprint density at radius 1 is 1.25 bits per heavy atom. The third kappa shape index (κ3) is 5.16. The van der Waals surface area contributed by atoms with Crippen LogP contribution in [-0.2, 0) is 4.79 Å². The van der Waals surface area contributed by atoms with Gasteiger partial charge < -0.3 is 5.32 Å². The molecule has 0 saturated carbocycles. The predicted molar refractivity (Wildman–Crippen MR) is 52.0 cm³/mol. The van der Waals surface area contributed by atoms with Crippen molar-refractivity contribution < 1.29 is 4.79 Å². The van der Waals surface area contributed by atoms with Crippen LogP contribution in [-0.4, -0.2) is 11.4 Å². The van der Waals surface area contributed by atoms with Gasteiger partial charge in [-0.05, 0) is 26.7 Å². The smallest absolute Gasteiger partial charge is 0.220 e. The molecule has 2 nitrogen and oxygen atoms in total. The molecule has 0 fully saturated rings. The molecule has 0 spiro atoms. The summed E-state index contributed by atoms with van der Waals surface area (Å²) in [6.45, 7) is 8.30. The van der Waals surface area contributed by atoms with Gasteiger partial charge in [0.05, 0.1) is 0 Å². The molecule has 12 heavy (non-hydrogen) atoms. The van der Waals surface area contributed by atoms with Gasteiger partial charge in [0, 0.05) is 12.0 Å². The van der Waals surface area contributed by atoms with Gasteiger partial charge >= 0.3 is 0 Å². The van der Waals surface area contributed by atoms with Crippen molar-refractivity contribution in [3.63, 3.8) is 0 Å². The number of carbonyl (C=O) groups excluding carboxylic acids is 1. The molecule has 0 unspecified atom stereocenters. The Morgan fingerprint density at radius 2 is 1.83 bits per heavy atom. The number of carbonyl (C=O) groups is 1. The molecule has 0 aliphatic heterocycles. The Kier molecular flexibility index (Phi) is 4.95. The van der Waals surface area contributed by atoms with Gasteiger partial charge in [-0.1, -0.05) is 20.3 Å². The van der Waals surface area contributed by atoms with E-state index in [4.69, 9.17) is 0 Å². The Balaban J connectivity index is 3.79. The van der Waals surface area contributed by atoms with Gasteiger partial charge in [-0.3, -0.25) is 4.79 Å². The van der Waals surface area contributed by atoms with Crippen molar-refractivity contribution in [2.24, 2.45) is 0 Å². The Bertz CT molecular complexity index is 141. The molecule has 0 aliphatic rings. The maximum atomic E-state index is 11.2. The zero-order valence-electron chi connectivity index (χ0n) is 8.74. The van der Waals surface area contributed by atoms with E-state index in [9.17, 15) is 4.79 Å². The first-order chi connectivity index (χ1) is 5.52. The average Bonchev–Trinajstić information content (AvgIpc) is 1.85. The maximum Gasteiger partial charge on any atom is 0.220 e. The highest BCUT2D eigenvalue weighted by Crippen LogP contribution is 2.10. The Morgan fingerprint density at radius 3 is 2.25 bits per heavy atom. The molecule has 1 N–H and O–H groups in total. The Labute approximate surface area is 75.7 Å². The highest BCUT2D eigenvalue weighted by atomic mass is 16.1. The van der Waals surface area contributed by atoms with E-state index < -0.39 is 0 Å². The molecule has 0 saturated heterocycles. The molecule has 1 amide bonds. The summed E-state index contributed by atoms with van der Waals surface area (Å²) in [6, 6.07) is 0. The van der Waals surface area contributed by atoms with Gasteiger partial charge in [0.2, 0.25) is 5.91 Å². The van der Waals surface area contributed by atoms with Crippen molar-refractivity contribution in [1.82, 2.24) is 5.32 Å². The van der Waals surface area contributed by atoms with Gasteiger partial charge in [0.25, 0.3) is 0 Å². The summed E-state index contributed by atoms with van der Waals surface area (Å²) < 4.78 is 0. The molecule has 0 aliphatic carbocycles. The lowest BCUT2D eigenvalue weighted by molar-refractivity contribution is -0.122. The molecule has 0 aromatic carbocycles. The first kappa shape index (κ1) is 11.5. The lowest BCUT2D eigenvalue weighted by Gasteiger charge is -2.25. The standard InChI is InChI=1S/C10H21NO/c1-5-7-9(12)11-10(3,4)8-6-2/h5-8H2,1-4H3,(H,11,12). The molecule has 0 aromatic heterocycles. The zero-order valence-corrected chi connectivity index (χ0v) is 8.74. The zero-order chi connectivity index (χ0) is 9.61. The summed E-state index contributed by atoms with van der Waals surface area (Å²) >= 11 is 0. The van der Waals surface area contributed by atoms with Gasteiger partial charge in [0.15, 0.2) is 0 Å². The summed E-state index contributed by atoms with van der Waals surface area (Å²) in [7, 11) is 0. The van der Waals surface area contributed by atoms with Crippen LogP contribution in [0, 0.1) is 0 Å². The van der Waals surface area contributed by atoms with E-state index in [0.717, 1.165) is 19.3 Å². The van der Waals surface area contributed by atoms with E-state index in [0.29, 0.717) is 6.42 Å². The summed E-state index contributed by atoms with van der Waals surface area (Å²) in [5.41, 5.74) is -0.0268. The summed E-state index contributed by atoms with van der Waals surface area (Å²) in [5.74, 6) is 0.177. The molecule has 72 valence electrons. The molecule has 0 radical (unpaired) electrons. The second-order valence-electron chi connectivity index (χ2n) is 3.93. The Hall–Kier alpha value is -0.530. The van der Waals surface area contributed by atoms with E-state index in [1.165, 1.54) is 0 Å². The van der Waals surface area contributed by atoms with Crippen LogP contribution < -0.4 is 5.32 Å². The van der Waals surface area contributed by atoms with Crippen molar-refractivity contribution in [3.8, 4) is 0 Å². The fraction of sp³-hybridized carbons (Fsp3) is 0.900. The molecular weight excluding hydrogens is 150 g/mol. The van der Waals surface area contributed by atoms with E-state index in [1.807, 2.05) is 6.92 Å². The SMILES string of the molecule is CCCC(=O)NC(C)(C)CCC. The lowest BCUT2D eigenvalue weighted by Crippen LogP contribution is -2.43. The quantitative estimate of drug-likeness (QED) is 0.676. The first-order valence-electron chi connectivity index (χ1n) is 4.83. The van der Waals surface area contributed by atoms with Crippen LogP contribution in [0.5, 0.6) is 0 Å². The largest absolute Gasteiger partial charge is 0.351 e. The van der Waals surface area contributed by atoms with Crippen LogP contribution in [0.1, 0.15) is 53.4 Å². The number of hydrogen-bond acceptors (Lipinski definition) is 1. The van der Waals surface area contributed by atoms with Crippen LogP contribution in [0.15, 0.2) is 0 Å². The predicted octanol–water partition coefficient (Wildman–Crippen LogP) is 2.48. The van der Waals surface area contributed by atoms with Crippen molar-refractivity contribution in [2.45, 2.75) is 58.9 Å². The lowest BCUT2D eigenvalue weighted by atomic mass is 9.99. The third-order valence-corrected chi connectivity index (χ3v) is 1.83. The normalized spacial score (nSPS) is 11.3. The van der Waals surface area contributed by atoms with E-state index in [1.54, 1.807) is 0 Å². The molecule has 0 bridgehead atoms. The number of nitrogens with one attached hydrogen (secondary N) is 1. The molecule has 0 aromatic rings. The second kappa shape index (κ2) is 5.18. The summed E-state index contributed by atoms with van der Waals surface area (Å²) in [4.78, 5) is 11.2. The second-order valence-corrected chi connectivity index (χ2v) is 3.93. The fourth-order valence-corrected chi connectivity index (χ4v) is 1.35. The minimum absolute atomic E-state index is 0.0268. The van der Waals surface area contributed by atoms with Crippen molar-refractivity contribution in [2.75, 3.05) is 0 Å². The third-order valence-electron chi connectivity index (χ3n) is 1.83. The van der Waals surface area contributed by atoms with Crippen LogP contribution in [0.3, 0.4) is 0 Å². The number of amides is 1. The molecule has 0 atom stereocenters. The van der Waals surface area contributed by atoms with Crippen LogP contribution in [0.25, 0.3) is 0 Å². The van der Waals surface area contributed by atoms with Gasteiger partial charge in [-0.25, -0.2) is 0 Å².